The summed E-state index contributed by atoms with van der Waals surface area (Å²) in [6.45, 7) is 22.8. The number of quaternary nitrogens is 2. The SMILES string of the molecule is CCCCCC([N+](C)(C)C(C)CCC1C(C)CCCC1(C)C)[N+](C)(C)C(C)CCC1C(C)CCCC1(C)C. The lowest BCUT2D eigenvalue weighted by Crippen LogP contribution is -2.69. The minimum absolute atomic E-state index is 0.517. The molecule has 0 bridgehead atoms. The van der Waals surface area contributed by atoms with Crippen LogP contribution in [0.3, 0.4) is 0 Å². The Morgan fingerprint density at radius 1 is 0.658 bits per heavy atom. The second kappa shape index (κ2) is 13.7. The van der Waals surface area contributed by atoms with Crippen LogP contribution in [0.15, 0.2) is 0 Å². The van der Waals surface area contributed by atoms with Crippen LogP contribution in [-0.4, -0.2) is 55.4 Å². The lowest BCUT2D eigenvalue weighted by Gasteiger charge is -2.53. The number of hydrogen-bond acceptors (Lipinski definition) is 0. The zero-order chi connectivity index (χ0) is 28.9. The van der Waals surface area contributed by atoms with E-state index in [2.05, 4.69) is 90.5 Å². The van der Waals surface area contributed by atoms with Crippen LogP contribution >= 0.6 is 0 Å². The minimum atomic E-state index is 0.517. The van der Waals surface area contributed by atoms with Crippen molar-refractivity contribution in [1.82, 2.24) is 0 Å². The summed E-state index contributed by atoms with van der Waals surface area (Å²) in [7, 11) is 10.4. The van der Waals surface area contributed by atoms with Crippen molar-refractivity contribution in [3.05, 3.63) is 0 Å². The fourth-order valence-corrected chi connectivity index (χ4v) is 9.53. The molecule has 0 amide bonds. The fraction of sp³-hybridized carbons (Fsp3) is 1.00. The van der Waals surface area contributed by atoms with E-state index in [1.54, 1.807) is 0 Å². The summed E-state index contributed by atoms with van der Waals surface area (Å²) in [5.41, 5.74) is 1.03. The molecule has 2 rings (SSSR count). The van der Waals surface area contributed by atoms with Gasteiger partial charge >= 0.3 is 0 Å². The Morgan fingerprint density at radius 2 is 1.05 bits per heavy atom. The highest BCUT2D eigenvalue weighted by Gasteiger charge is 2.47. The average molecular weight is 535 g/mol. The van der Waals surface area contributed by atoms with Crippen molar-refractivity contribution in [1.29, 1.82) is 0 Å². The Labute approximate surface area is 241 Å². The number of rotatable bonds is 14. The Kier molecular flexibility index (Phi) is 12.3. The van der Waals surface area contributed by atoms with E-state index >= 15 is 0 Å². The first-order valence-corrected chi connectivity index (χ1v) is 17.1. The molecule has 2 saturated carbocycles. The molecule has 2 aliphatic rings. The third-order valence-corrected chi connectivity index (χ3v) is 13.0. The molecule has 0 N–H and O–H groups in total. The summed E-state index contributed by atoms with van der Waals surface area (Å²) >= 11 is 0. The van der Waals surface area contributed by atoms with Gasteiger partial charge in [0.2, 0.25) is 6.17 Å². The fourth-order valence-electron chi connectivity index (χ4n) is 9.53. The van der Waals surface area contributed by atoms with E-state index in [-0.39, 0.29) is 0 Å². The molecular weight excluding hydrogens is 460 g/mol. The molecule has 2 heteroatoms. The Bertz CT molecular complexity index is 635. The molecule has 0 heterocycles. The molecule has 0 spiro atoms. The zero-order valence-electron chi connectivity index (χ0n) is 28.8. The molecule has 0 aromatic heterocycles. The van der Waals surface area contributed by atoms with Crippen molar-refractivity contribution >= 4 is 0 Å². The van der Waals surface area contributed by atoms with Crippen molar-refractivity contribution < 1.29 is 8.97 Å². The van der Waals surface area contributed by atoms with Gasteiger partial charge in [-0.1, -0.05) is 87.0 Å². The highest BCUT2D eigenvalue weighted by atomic mass is 15.5. The van der Waals surface area contributed by atoms with Crippen molar-refractivity contribution in [3.8, 4) is 0 Å². The summed E-state index contributed by atoms with van der Waals surface area (Å²) < 4.78 is 2.35. The maximum atomic E-state index is 2.59. The van der Waals surface area contributed by atoms with Gasteiger partial charge in [0.05, 0.1) is 46.7 Å². The van der Waals surface area contributed by atoms with Gasteiger partial charge < -0.3 is 0 Å². The van der Waals surface area contributed by atoms with Gasteiger partial charge in [-0.05, 0) is 93.3 Å². The van der Waals surface area contributed by atoms with Crippen LogP contribution in [0.1, 0.15) is 152 Å². The van der Waals surface area contributed by atoms with Crippen molar-refractivity contribution in [2.24, 2.45) is 34.5 Å². The van der Waals surface area contributed by atoms with Crippen LogP contribution < -0.4 is 0 Å². The average Bonchev–Trinajstić information content (AvgIpc) is 2.79. The van der Waals surface area contributed by atoms with Crippen LogP contribution in [0.2, 0.25) is 0 Å². The minimum Gasteiger partial charge on any atom is -0.277 e. The summed E-state index contributed by atoms with van der Waals surface area (Å²) in [4.78, 5) is 0. The molecule has 2 aliphatic carbocycles. The van der Waals surface area contributed by atoms with Crippen molar-refractivity contribution in [2.75, 3.05) is 28.2 Å². The number of unbranched alkanes of at least 4 members (excludes halogenated alkanes) is 2. The van der Waals surface area contributed by atoms with E-state index < -0.39 is 0 Å². The van der Waals surface area contributed by atoms with E-state index in [1.807, 2.05) is 0 Å². The highest BCUT2D eigenvalue weighted by Crippen LogP contribution is 2.48. The van der Waals surface area contributed by atoms with Gasteiger partial charge in [-0.25, -0.2) is 0 Å². The van der Waals surface area contributed by atoms with Gasteiger partial charge in [-0.15, -0.1) is 0 Å². The Hall–Kier alpha value is -0.0800. The van der Waals surface area contributed by atoms with Crippen molar-refractivity contribution in [3.63, 3.8) is 0 Å². The first-order valence-electron chi connectivity index (χ1n) is 17.1. The van der Waals surface area contributed by atoms with E-state index in [0.717, 1.165) is 23.7 Å². The molecule has 0 saturated heterocycles. The quantitative estimate of drug-likeness (QED) is 0.118. The van der Waals surface area contributed by atoms with Gasteiger partial charge in [0.1, 0.15) is 0 Å². The Morgan fingerprint density at radius 3 is 1.39 bits per heavy atom. The van der Waals surface area contributed by atoms with E-state index in [1.165, 1.54) is 98.9 Å². The van der Waals surface area contributed by atoms with E-state index in [4.69, 9.17) is 0 Å². The van der Waals surface area contributed by atoms with Crippen LogP contribution in [0, 0.1) is 34.5 Å². The Balaban J connectivity index is 2.16. The summed E-state index contributed by atoms with van der Waals surface area (Å²) in [6.07, 6.45) is 20.3. The molecule has 226 valence electrons. The molecule has 0 aromatic rings. The number of nitrogens with zero attached hydrogens (tertiary/aromatic N) is 2. The topological polar surface area (TPSA) is 0 Å². The van der Waals surface area contributed by atoms with Gasteiger partial charge in [-0.3, -0.25) is 8.97 Å². The molecule has 6 unspecified atom stereocenters. The van der Waals surface area contributed by atoms with E-state index in [0.29, 0.717) is 29.1 Å². The second-order valence-corrected chi connectivity index (χ2v) is 17.0. The number of hydrogen-bond donors (Lipinski definition) is 0. The summed E-state index contributed by atoms with van der Waals surface area (Å²) in [5, 5.41) is 0. The normalized spacial score (nSPS) is 30.6. The van der Waals surface area contributed by atoms with Crippen LogP contribution in [-0.2, 0) is 0 Å². The molecule has 0 radical (unpaired) electrons. The predicted molar refractivity (Wildman–Crippen MR) is 170 cm³/mol. The zero-order valence-corrected chi connectivity index (χ0v) is 28.8. The predicted octanol–water partition coefficient (Wildman–Crippen LogP) is 10.3. The van der Waals surface area contributed by atoms with Gasteiger partial charge in [0.15, 0.2) is 0 Å². The lowest BCUT2D eigenvalue weighted by molar-refractivity contribution is -1.12. The maximum absolute atomic E-state index is 2.59. The molecular formula is C36H74N2+2. The van der Waals surface area contributed by atoms with Crippen LogP contribution in [0.5, 0.6) is 0 Å². The van der Waals surface area contributed by atoms with Crippen LogP contribution in [0.4, 0.5) is 0 Å². The molecule has 2 fully saturated rings. The second-order valence-electron chi connectivity index (χ2n) is 17.0. The summed E-state index contributed by atoms with van der Waals surface area (Å²) in [6, 6.07) is 1.40. The molecule has 2 nitrogen and oxygen atoms in total. The maximum Gasteiger partial charge on any atom is 0.216 e. The molecule has 0 aromatic carbocycles. The monoisotopic (exact) mass is 535 g/mol. The van der Waals surface area contributed by atoms with Crippen molar-refractivity contribution in [2.45, 2.75) is 170 Å². The van der Waals surface area contributed by atoms with Gasteiger partial charge in [0, 0.05) is 0 Å². The molecule has 0 aliphatic heterocycles. The third-order valence-electron chi connectivity index (χ3n) is 13.0. The van der Waals surface area contributed by atoms with Crippen LogP contribution in [0.25, 0.3) is 0 Å². The highest BCUT2D eigenvalue weighted by molar-refractivity contribution is 4.88. The third kappa shape index (κ3) is 8.24. The van der Waals surface area contributed by atoms with E-state index in [9.17, 15) is 0 Å². The lowest BCUT2D eigenvalue weighted by atomic mass is 9.62. The first kappa shape index (κ1) is 34.1. The molecule has 6 atom stereocenters. The molecule has 38 heavy (non-hydrogen) atoms. The smallest absolute Gasteiger partial charge is 0.216 e. The largest absolute Gasteiger partial charge is 0.277 e. The van der Waals surface area contributed by atoms with Gasteiger partial charge in [0.25, 0.3) is 0 Å². The van der Waals surface area contributed by atoms with Gasteiger partial charge in [-0.2, -0.15) is 0 Å². The summed E-state index contributed by atoms with van der Waals surface area (Å²) in [5.74, 6) is 3.56. The standard InChI is InChI=1S/C36H74N2/c1-14-15-16-21-34(37(10,11)30(4)22-24-32-28(2)19-17-26-35(32,6)7)38(12,13)31(5)23-25-33-29(3)20-18-27-36(33,8)9/h28-34H,14-27H2,1-13H3/q+2. The first-order chi connectivity index (χ1) is 17.5.